The van der Waals surface area contributed by atoms with Crippen molar-refractivity contribution in [3.05, 3.63) is 23.5 Å². The Bertz CT molecular complexity index is 553. The van der Waals surface area contributed by atoms with Crippen molar-refractivity contribution < 1.29 is 9.47 Å². The van der Waals surface area contributed by atoms with Gasteiger partial charge in [-0.2, -0.15) is 0 Å². The minimum Gasteiger partial charge on any atom is -0.465 e. The molecule has 0 atom stereocenters. The summed E-state index contributed by atoms with van der Waals surface area (Å²) < 4.78 is 10.3. The second-order valence-electron chi connectivity index (χ2n) is 3.38. The molecule has 0 fully saturated rings. The normalized spacial score (nSPS) is 10.5. The molecule has 0 aromatic carbocycles. The summed E-state index contributed by atoms with van der Waals surface area (Å²) in [4.78, 5) is 8.34. The molecule has 0 aliphatic heterocycles. The third-order valence-corrected chi connectivity index (χ3v) is 2.88. The molecule has 0 amide bonds. The first-order chi connectivity index (χ1) is 9.24. The molecule has 0 radical (unpaired) electrons. The lowest BCUT2D eigenvalue weighted by Gasteiger charge is -2.09. The van der Waals surface area contributed by atoms with Crippen LogP contribution in [0, 0.1) is 0 Å². The predicted octanol–water partition coefficient (Wildman–Crippen LogP) is 2.29. The van der Waals surface area contributed by atoms with Gasteiger partial charge in [0.2, 0.25) is 5.16 Å². The summed E-state index contributed by atoms with van der Waals surface area (Å²) in [7, 11) is 1.53. The van der Waals surface area contributed by atoms with E-state index >= 15 is 0 Å². The zero-order valence-electron chi connectivity index (χ0n) is 10.3. The first-order valence-corrected chi connectivity index (χ1v) is 6.86. The second kappa shape index (κ2) is 6.65. The average molecular weight is 299 g/mol. The molecule has 2 aromatic rings. The standard InChI is InChI=1S/C11H11ClN4O2S/c1-17-6-18-9-3-7(12)4-13-10(9)8-5-14-11(19-2)16-15-8/h3-5H,6H2,1-2H3. The van der Waals surface area contributed by atoms with Crippen LogP contribution >= 0.6 is 23.4 Å². The quantitative estimate of drug-likeness (QED) is 0.619. The summed E-state index contributed by atoms with van der Waals surface area (Å²) >= 11 is 7.31. The summed E-state index contributed by atoms with van der Waals surface area (Å²) in [6, 6.07) is 1.65. The maximum Gasteiger partial charge on any atom is 0.208 e. The zero-order chi connectivity index (χ0) is 13.7. The van der Waals surface area contributed by atoms with Gasteiger partial charge in [-0.3, -0.25) is 0 Å². The molecule has 0 spiro atoms. The van der Waals surface area contributed by atoms with Crippen LogP contribution in [0.15, 0.2) is 23.6 Å². The first-order valence-electron chi connectivity index (χ1n) is 5.26. The van der Waals surface area contributed by atoms with E-state index in [0.29, 0.717) is 27.3 Å². The Balaban J connectivity index is 2.36. The highest BCUT2D eigenvalue weighted by atomic mass is 35.5. The lowest BCUT2D eigenvalue weighted by atomic mass is 10.2. The van der Waals surface area contributed by atoms with Crippen LogP contribution in [0.5, 0.6) is 5.75 Å². The summed E-state index contributed by atoms with van der Waals surface area (Å²) in [5, 5.41) is 9.08. The van der Waals surface area contributed by atoms with Gasteiger partial charge in [0.15, 0.2) is 12.5 Å². The molecular formula is C11H11ClN4O2S. The van der Waals surface area contributed by atoms with Gasteiger partial charge in [-0.05, 0) is 6.26 Å². The van der Waals surface area contributed by atoms with Crippen LogP contribution < -0.4 is 4.74 Å². The lowest BCUT2D eigenvalue weighted by molar-refractivity contribution is 0.0513. The fourth-order valence-electron chi connectivity index (χ4n) is 1.31. The zero-order valence-corrected chi connectivity index (χ0v) is 11.9. The van der Waals surface area contributed by atoms with E-state index in [-0.39, 0.29) is 6.79 Å². The molecule has 0 saturated heterocycles. The molecule has 0 N–H and O–H groups in total. The number of hydrogen-bond acceptors (Lipinski definition) is 7. The van der Waals surface area contributed by atoms with Crippen molar-refractivity contribution in [1.82, 2.24) is 20.2 Å². The van der Waals surface area contributed by atoms with Gasteiger partial charge in [0.1, 0.15) is 11.4 Å². The summed E-state index contributed by atoms with van der Waals surface area (Å²) in [6.45, 7) is 0.0960. The fraction of sp³-hybridized carbons (Fsp3) is 0.273. The SMILES string of the molecule is COCOc1cc(Cl)cnc1-c1cnc(SC)nn1. The van der Waals surface area contributed by atoms with Gasteiger partial charge in [0, 0.05) is 19.4 Å². The maximum atomic E-state index is 5.89. The van der Waals surface area contributed by atoms with Gasteiger partial charge in [0.05, 0.1) is 11.2 Å². The molecule has 100 valence electrons. The number of rotatable bonds is 5. The minimum absolute atomic E-state index is 0.0960. The topological polar surface area (TPSA) is 70.0 Å². The minimum atomic E-state index is 0.0960. The Kier molecular flexibility index (Phi) is 4.89. The molecule has 2 heterocycles. The Morgan fingerprint density at radius 2 is 2.11 bits per heavy atom. The Morgan fingerprint density at radius 1 is 1.26 bits per heavy atom. The van der Waals surface area contributed by atoms with E-state index in [1.54, 1.807) is 12.3 Å². The van der Waals surface area contributed by atoms with Gasteiger partial charge in [-0.25, -0.2) is 9.97 Å². The Labute approximate surface area is 119 Å². The number of nitrogens with zero attached hydrogens (tertiary/aromatic N) is 4. The van der Waals surface area contributed by atoms with Crippen LogP contribution in [0.1, 0.15) is 0 Å². The van der Waals surface area contributed by atoms with Crippen molar-refractivity contribution in [3.8, 4) is 17.1 Å². The molecule has 6 nitrogen and oxygen atoms in total. The number of pyridine rings is 1. The highest BCUT2D eigenvalue weighted by Crippen LogP contribution is 2.28. The van der Waals surface area contributed by atoms with E-state index in [0.717, 1.165) is 0 Å². The van der Waals surface area contributed by atoms with Crippen LogP contribution in [0.25, 0.3) is 11.4 Å². The number of ether oxygens (including phenoxy) is 2. The van der Waals surface area contributed by atoms with Crippen LogP contribution in [0.4, 0.5) is 0 Å². The largest absolute Gasteiger partial charge is 0.465 e. The molecule has 0 unspecified atom stereocenters. The van der Waals surface area contributed by atoms with E-state index in [2.05, 4.69) is 20.2 Å². The van der Waals surface area contributed by atoms with E-state index < -0.39 is 0 Å². The first kappa shape index (κ1) is 14.0. The average Bonchev–Trinajstić information content (AvgIpc) is 2.45. The van der Waals surface area contributed by atoms with E-state index in [1.807, 2.05) is 6.26 Å². The molecule has 0 aliphatic rings. The molecule has 0 aliphatic carbocycles. The molecule has 0 saturated carbocycles. The van der Waals surface area contributed by atoms with Crippen molar-refractivity contribution in [1.29, 1.82) is 0 Å². The monoisotopic (exact) mass is 298 g/mol. The van der Waals surface area contributed by atoms with Gasteiger partial charge < -0.3 is 9.47 Å². The Morgan fingerprint density at radius 3 is 2.74 bits per heavy atom. The van der Waals surface area contributed by atoms with Crippen LogP contribution in [0.2, 0.25) is 5.02 Å². The molecule has 8 heteroatoms. The number of hydrogen-bond donors (Lipinski definition) is 0. The lowest BCUT2D eigenvalue weighted by Crippen LogP contribution is -2.03. The predicted molar refractivity (Wildman–Crippen MR) is 72.4 cm³/mol. The number of aromatic nitrogens is 4. The third-order valence-electron chi connectivity index (χ3n) is 2.12. The number of halogens is 1. The smallest absolute Gasteiger partial charge is 0.208 e. The van der Waals surface area contributed by atoms with Gasteiger partial charge >= 0.3 is 0 Å². The molecule has 2 aromatic heterocycles. The highest BCUT2D eigenvalue weighted by Gasteiger charge is 2.12. The summed E-state index contributed by atoms with van der Waals surface area (Å²) in [5.74, 6) is 0.474. The summed E-state index contributed by atoms with van der Waals surface area (Å²) in [6.07, 6.45) is 4.99. The van der Waals surface area contributed by atoms with Crippen molar-refractivity contribution in [2.75, 3.05) is 20.2 Å². The second-order valence-corrected chi connectivity index (χ2v) is 4.59. The summed E-state index contributed by atoms with van der Waals surface area (Å²) in [5.41, 5.74) is 1.04. The van der Waals surface area contributed by atoms with Crippen molar-refractivity contribution >= 4 is 23.4 Å². The highest BCUT2D eigenvalue weighted by molar-refractivity contribution is 7.98. The van der Waals surface area contributed by atoms with Crippen LogP contribution in [-0.2, 0) is 4.74 Å². The van der Waals surface area contributed by atoms with Gasteiger partial charge in [0.25, 0.3) is 0 Å². The molecular weight excluding hydrogens is 288 g/mol. The van der Waals surface area contributed by atoms with Crippen molar-refractivity contribution in [2.45, 2.75) is 5.16 Å². The van der Waals surface area contributed by atoms with E-state index in [4.69, 9.17) is 21.1 Å². The van der Waals surface area contributed by atoms with Crippen molar-refractivity contribution in [3.63, 3.8) is 0 Å². The third kappa shape index (κ3) is 3.52. The van der Waals surface area contributed by atoms with Gasteiger partial charge in [-0.1, -0.05) is 23.4 Å². The van der Waals surface area contributed by atoms with Gasteiger partial charge in [-0.15, -0.1) is 10.2 Å². The maximum absolute atomic E-state index is 5.89. The van der Waals surface area contributed by atoms with E-state index in [1.165, 1.54) is 25.1 Å². The van der Waals surface area contributed by atoms with Crippen molar-refractivity contribution in [2.24, 2.45) is 0 Å². The molecule has 2 rings (SSSR count). The molecule has 0 bridgehead atoms. The Hall–Kier alpha value is -1.44. The number of thioether (sulfide) groups is 1. The van der Waals surface area contributed by atoms with Crippen LogP contribution in [0.3, 0.4) is 0 Å². The number of methoxy groups -OCH3 is 1. The fourth-order valence-corrected chi connectivity index (χ4v) is 1.74. The molecule has 19 heavy (non-hydrogen) atoms. The van der Waals surface area contributed by atoms with Crippen LogP contribution in [-0.4, -0.2) is 40.3 Å². The van der Waals surface area contributed by atoms with E-state index in [9.17, 15) is 0 Å².